The zero-order chi connectivity index (χ0) is 24.0. The number of aromatic nitrogens is 1. The molecule has 0 spiro atoms. The number of nitrogens with zero attached hydrogens (tertiary/aromatic N) is 1. The maximum Gasteiger partial charge on any atom is 0.490 e. The molecule has 10 heteroatoms. The van der Waals surface area contributed by atoms with E-state index in [1.807, 2.05) is 18.2 Å². The number of halogens is 3. The Bertz CT molecular complexity index is 1240. The van der Waals surface area contributed by atoms with Crippen molar-refractivity contribution in [3.8, 4) is 5.75 Å². The maximum atomic E-state index is 13.3. The number of benzene rings is 2. The molecular formula is C24H21F3N2O5. The van der Waals surface area contributed by atoms with Gasteiger partial charge in [-0.2, -0.15) is 13.2 Å². The molecule has 4 unspecified atom stereocenters. The van der Waals surface area contributed by atoms with Crippen LogP contribution in [0.1, 0.15) is 35.2 Å². The van der Waals surface area contributed by atoms with Crippen LogP contribution in [0, 0.1) is 0 Å². The van der Waals surface area contributed by atoms with E-state index in [0.29, 0.717) is 34.3 Å². The summed E-state index contributed by atoms with van der Waals surface area (Å²) in [5.74, 6) is -2.91. The minimum atomic E-state index is -5.15. The Balaban J connectivity index is 1.55. The van der Waals surface area contributed by atoms with Crippen LogP contribution >= 0.6 is 0 Å². The number of fused-ring (bicyclic) bond motifs is 6. The maximum absolute atomic E-state index is 13.3. The van der Waals surface area contributed by atoms with Crippen molar-refractivity contribution in [2.45, 2.75) is 37.4 Å². The predicted molar refractivity (Wildman–Crippen MR) is 114 cm³/mol. The zero-order valence-corrected chi connectivity index (χ0v) is 18.1. The molecule has 1 N–H and O–H groups in total. The van der Waals surface area contributed by atoms with Crippen molar-refractivity contribution >= 4 is 22.8 Å². The number of alkyl halides is 3. The van der Waals surface area contributed by atoms with Gasteiger partial charge in [-0.1, -0.05) is 30.3 Å². The number of aromatic amines is 1. The average Bonchev–Trinajstić information content (AvgIpc) is 3.34. The summed E-state index contributed by atoms with van der Waals surface area (Å²) < 4.78 is 54.9. The van der Waals surface area contributed by atoms with Crippen molar-refractivity contribution in [3.63, 3.8) is 0 Å². The van der Waals surface area contributed by atoms with E-state index in [-0.39, 0.29) is 13.2 Å². The second-order valence-corrected chi connectivity index (χ2v) is 8.29. The lowest BCUT2D eigenvalue weighted by atomic mass is 9.89. The van der Waals surface area contributed by atoms with Crippen molar-refractivity contribution in [1.82, 2.24) is 9.88 Å². The molecule has 3 heterocycles. The molecule has 2 bridgehead atoms. The molecule has 178 valence electrons. The Morgan fingerprint density at radius 3 is 2.62 bits per heavy atom. The van der Waals surface area contributed by atoms with Gasteiger partial charge in [0.2, 0.25) is 0 Å². The fraction of sp³-hybridized carbons (Fsp3) is 0.333. The molecule has 1 saturated heterocycles. The lowest BCUT2D eigenvalue weighted by Gasteiger charge is -2.37. The first-order valence-corrected chi connectivity index (χ1v) is 10.7. The standard InChI is InChI=1S/C24H21F3N2O5/c1-32-14-7-8-17-16(11-14)18-15-9-10-29(21(15)34-23(31)24(25,26)27)20(19(18)28-17)22(30)33-12-13-5-3-2-4-6-13/h2-8,11,15,20-21,28H,9-10,12H2,1H3. The number of rotatable bonds is 5. The molecule has 1 aromatic heterocycles. The smallest absolute Gasteiger partial charge is 0.490 e. The molecule has 2 aliphatic rings. The van der Waals surface area contributed by atoms with E-state index < -0.39 is 36.3 Å². The summed E-state index contributed by atoms with van der Waals surface area (Å²) in [6, 6.07) is 13.3. The van der Waals surface area contributed by atoms with Gasteiger partial charge in [0.25, 0.3) is 0 Å². The number of methoxy groups -OCH3 is 1. The van der Waals surface area contributed by atoms with Crippen LogP contribution < -0.4 is 4.74 Å². The molecule has 4 atom stereocenters. The normalized spacial score (nSPS) is 23.4. The van der Waals surface area contributed by atoms with Crippen LogP contribution in [-0.4, -0.2) is 47.9 Å². The SMILES string of the molecule is COc1ccc2[nH]c3c(c2c1)C1CCN(C3C(=O)OCc2ccccc2)C1OC(=O)C(F)(F)F. The Hall–Kier alpha value is -3.53. The number of ether oxygens (including phenoxy) is 3. The largest absolute Gasteiger partial charge is 0.497 e. The third kappa shape index (κ3) is 3.77. The second-order valence-electron chi connectivity index (χ2n) is 8.29. The lowest BCUT2D eigenvalue weighted by molar-refractivity contribution is -0.215. The Morgan fingerprint density at radius 2 is 1.91 bits per heavy atom. The molecular weight excluding hydrogens is 453 g/mol. The van der Waals surface area contributed by atoms with Crippen LogP contribution in [0.15, 0.2) is 48.5 Å². The van der Waals surface area contributed by atoms with Gasteiger partial charge in [-0.25, -0.2) is 14.5 Å². The summed E-state index contributed by atoms with van der Waals surface area (Å²) in [7, 11) is 1.51. The van der Waals surface area contributed by atoms with Gasteiger partial charge in [0.15, 0.2) is 12.3 Å². The molecule has 0 saturated carbocycles. The van der Waals surface area contributed by atoms with Crippen molar-refractivity contribution < 1.29 is 37.0 Å². The minimum Gasteiger partial charge on any atom is -0.497 e. The fourth-order valence-electron chi connectivity index (χ4n) is 4.86. The highest BCUT2D eigenvalue weighted by Crippen LogP contribution is 2.50. The molecule has 2 aliphatic heterocycles. The Kier molecular flexibility index (Phi) is 5.47. The molecule has 0 radical (unpaired) electrons. The molecule has 5 rings (SSSR count). The lowest BCUT2D eigenvalue weighted by Crippen LogP contribution is -2.47. The van der Waals surface area contributed by atoms with E-state index in [9.17, 15) is 22.8 Å². The van der Waals surface area contributed by atoms with Gasteiger partial charge < -0.3 is 19.2 Å². The summed E-state index contributed by atoms with van der Waals surface area (Å²) in [4.78, 5) is 29.7. The number of nitrogens with one attached hydrogen (secondary N) is 1. The highest BCUT2D eigenvalue weighted by Gasteiger charge is 2.54. The van der Waals surface area contributed by atoms with Gasteiger partial charge >= 0.3 is 18.1 Å². The molecule has 3 aromatic rings. The van der Waals surface area contributed by atoms with Gasteiger partial charge in [0, 0.05) is 29.1 Å². The van der Waals surface area contributed by atoms with Crippen molar-refractivity contribution in [1.29, 1.82) is 0 Å². The first-order chi connectivity index (χ1) is 16.3. The Morgan fingerprint density at radius 1 is 1.15 bits per heavy atom. The van der Waals surface area contributed by atoms with Gasteiger partial charge in [-0.05, 0) is 35.7 Å². The number of carbonyl (C=O) groups excluding carboxylic acids is 2. The van der Waals surface area contributed by atoms with Gasteiger partial charge in [-0.15, -0.1) is 0 Å². The quantitative estimate of drug-likeness (QED) is 0.559. The second kappa shape index (κ2) is 8.35. The number of hydrogen-bond donors (Lipinski definition) is 1. The average molecular weight is 474 g/mol. The van der Waals surface area contributed by atoms with Crippen molar-refractivity contribution in [3.05, 3.63) is 65.4 Å². The zero-order valence-electron chi connectivity index (χ0n) is 18.1. The van der Waals surface area contributed by atoms with Gasteiger partial charge in [0.05, 0.1) is 7.11 Å². The molecule has 0 amide bonds. The molecule has 34 heavy (non-hydrogen) atoms. The monoisotopic (exact) mass is 474 g/mol. The number of esters is 2. The highest BCUT2D eigenvalue weighted by molar-refractivity contribution is 5.90. The molecule has 0 aliphatic carbocycles. The summed E-state index contributed by atoms with van der Waals surface area (Å²) in [5.41, 5.74) is 2.64. The summed E-state index contributed by atoms with van der Waals surface area (Å²) in [6.07, 6.45) is -5.98. The molecule has 1 fully saturated rings. The van der Waals surface area contributed by atoms with E-state index in [1.54, 1.807) is 30.3 Å². The van der Waals surface area contributed by atoms with E-state index in [2.05, 4.69) is 4.98 Å². The highest BCUT2D eigenvalue weighted by atomic mass is 19.4. The number of hydrogen-bond acceptors (Lipinski definition) is 6. The summed E-state index contributed by atoms with van der Waals surface area (Å²) in [5, 5.41) is 0.704. The number of carbonyl (C=O) groups is 2. The topological polar surface area (TPSA) is 80.9 Å². The summed E-state index contributed by atoms with van der Waals surface area (Å²) in [6.45, 7) is 0.267. The van der Waals surface area contributed by atoms with Crippen LogP contribution in [0.3, 0.4) is 0 Å². The van der Waals surface area contributed by atoms with E-state index in [0.717, 1.165) is 5.56 Å². The predicted octanol–water partition coefficient (Wildman–Crippen LogP) is 4.20. The van der Waals surface area contributed by atoms with Crippen LogP contribution in [0.4, 0.5) is 13.2 Å². The number of H-pyrrole nitrogens is 1. The van der Waals surface area contributed by atoms with Crippen LogP contribution in [0.5, 0.6) is 5.75 Å². The van der Waals surface area contributed by atoms with E-state index >= 15 is 0 Å². The Labute approximate surface area is 192 Å². The van der Waals surface area contributed by atoms with Gasteiger partial charge in [-0.3, -0.25) is 0 Å². The first kappa shape index (κ1) is 22.3. The summed E-state index contributed by atoms with van der Waals surface area (Å²) >= 11 is 0. The molecule has 7 nitrogen and oxygen atoms in total. The first-order valence-electron chi connectivity index (χ1n) is 10.7. The van der Waals surface area contributed by atoms with E-state index in [4.69, 9.17) is 14.2 Å². The van der Waals surface area contributed by atoms with Gasteiger partial charge in [0.1, 0.15) is 12.4 Å². The third-order valence-electron chi connectivity index (χ3n) is 6.33. The van der Waals surface area contributed by atoms with Crippen molar-refractivity contribution in [2.75, 3.05) is 13.7 Å². The molecule has 2 aromatic carbocycles. The minimum absolute atomic E-state index is 0.00380. The third-order valence-corrected chi connectivity index (χ3v) is 6.33. The van der Waals surface area contributed by atoms with Crippen LogP contribution in [0.2, 0.25) is 0 Å². The van der Waals surface area contributed by atoms with Crippen LogP contribution in [-0.2, 0) is 25.7 Å². The van der Waals surface area contributed by atoms with Crippen molar-refractivity contribution in [2.24, 2.45) is 0 Å². The van der Waals surface area contributed by atoms with E-state index in [1.165, 1.54) is 12.0 Å². The fourth-order valence-corrected chi connectivity index (χ4v) is 4.86. The van der Waals surface area contributed by atoms with Crippen LogP contribution in [0.25, 0.3) is 10.9 Å².